The number of aryl methyl sites for hydroxylation is 1. The molecule has 2 heterocycles. The van der Waals surface area contributed by atoms with Crippen LogP contribution < -0.4 is 5.32 Å². The minimum atomic E-state index is -0.451. The van der Waals surface area contributed by atoms with Crippen LogP contribution in [-0.2, 0) is 10.5 Å². The lowest BCUT2D eigenvalue weighted by Crippen LogP contribution is -2.37. The molecule has 0 spiro atoms. The van der Waals surface area contributed by atoms with Gasteiger partial charge in [0, 0.05) is 5.75 Å². The summed E-state index contributed by atoms with van der Waals surface area (Å²) in [5, 5.41) is 11.0. The molecule has 0 fully saturated rings. The number of hydrogen-bond acceptors (Lipinski definition) is 5. The first kappa shape index (κ1) is 12.1. The van der Waals surface area contributed by atoms with Gasteiger partial charge in [-0.25, -0.2) is 4.99 Å². The Balaban J connectivity index is 1.71. The summed E-state index contributed by atoms with van der Waals surface area (Å²) in [5.41, 5.74) is 2.98. The molecule has 0 saturated carbocycles. The number of nitrogens with zero attached hydrogens (tertiary/aromatic N) is 3. The molecule has 19 heavy (non-hydrogen) atoms. The highest BCUT2D eigenvalue weighted by Crippen LogP contribution is 2.24. The second-order valence-electron chi connectivity index (χ2n) is 4.29. The largest absolute Gasteiger partial charge is 0.301 e. The van der Waals surface area contributed by atoms with Crippen molar-refractivity contribution in [3.05, 3.63) is 47.2 Å². The van der Waals surface area contributed by atoms with Crippen LogP contribution in [0.4, 0.5) is 0 Å². The Hall–Kier alpha value is -1.95. The number of aliphatic imine (C=N–C) groups is 1. The third-order valence-corrected chi connectivity index (χ3v) is 3.94. The smallest absolute Gasteiger partial charge is 0.258 e. The Bertz CT molecular complexity index is 621. The van der Waals surface area contributed by atoms with E-state index in [4.69, 9.17) is 0 Å². The van der Waals surface area contributed by atoms with Crippen molar-refractivity contribution in [1.29, 1.82) is 0 Å². The van der Waals surface area contributed by atoms with Crippen LogP contribution in [0.1, 0.15) is 11.1 Å². The predicted molar refractivity (Wildman–Crippen MR) is 74.8 cm³/mol. The highest BCUT2D eigenvalue weighted by molar-refractivity contribution is 8.13. The zero-order chi connectivity index (χ0) is 13.2. The number of thioether (sulfide) groups is 1. The minimum absolute atomic E-state index is 0.155. The van der Waals surface area contributed by atoms with E-state index in [0.717, 1.165) is 5.75 Å². The molecule has 1 N–H and O–H groups in total. The molecule has 2 aliphatic heterocycles. The molecule has 0 aromatic heterocycles. The van der Waals surface area contributed by atoms with Gasteiger partial charge in [-0.3, -0.25) is 4.79 Å². The van der Waals surface area contributed by atoms with Crippen molar-refractivity contribution in [1.82, 2.24) is 5.32 Å². The summed E-state index contributed by atoms with van der Waals surface area (Å²) in [6.45, 7) is 2.07. The molecule has 1 amide bonds. The van der Waals surface area contributed by atoms with E-state index in [1.54, 1.807) is 0 Å². The molecular formula is C13H12N4OS. The highest BCUT2D eigenvalue weighted by atomic mass is 32.2. The second-order valence-corrected chi connectivity index (χ2v) is 5.26. The van der Waals surface area contributed by atoms with Gasteiger partial charge in [0.2, 0.25) is 0 Å². The number of benzene rings is 1. The van der Waals surface area contributed by atoms with Crippen LogP contribution in [0.2, 0.25) is 0 Å². The van der Waals surface area contributed by atoms with Crippen molar-refractivity contribution in [2.75, 3.05) is 0 Å². The topological polar surface area (TPSA) is 66.2 Å². The maximum absolute atomic E-state index is 11.8. The molecule has 1 atom stereocenters. The van der Waals surface area contributed by atoms with Crippen LogP contribution in [-0.4, -0.2) is 17.2 Å². The summed E-state index contributed by atoms with van der Waals surface area (Å²) in [6.07, 6.45) is 1.01. The third-order valence-electron chi connectivity index (χ3n) is 3.00. The van der Waals surface area contributed by atoms with E-state index in [9.17, 15) is 4.79 Å². The molecule has 5 nitrogen and oxygen atoms in total. The van der Waals surface area contributed by atoms with Gasteiger partial charge in [0.15, 0.2) is 11.3 Å². The third kappa shape index (κ3) is 2.44. The van der Waals surface area contributed by atoms with Crippen LogP contribution >= 0.6 is 11.8 Å². The first-order valence-corrected chi connectivity index (χ1v) is 6.89. The molecule has 0 aliphatic carbocycles. The second kappa shape index (κ2) is 4.97. The van der Waals surface area contributed by atoms with E-state index in [0.29, 0.717) is 10.7 Å². The summed E-state index contributed by atoms with van der Waals surface area (Å²) >= 11 is 1.51. The average molecular weight is 272 g/mol. The van der Waals surface area contributed by atoms with E-state index in [-0.39, 0.29) is 5.91 Å². The Morgan fingerprint density at radius 1 is 1.37 bits per heavy atom. The minimum Gasteiger partial charge on any atom is -0.301 e. The number of hydrogen-bond donors (Lipinski definition) is 1. The Kier molecular flexibility index (Phi) is 3.16. The van der Waals surface area contributed by atoms with Gasteiger partial charge < -0.3 is 5.32 Å². The molecule has 6 heteroatoms. The van der Waals surface area contributed by atoms with Gasteiger partial charge >= 0.3 is 0 Å². The molecule has 1 unspecified atom stereocenters. The lowest BCUT2D eigenvalue weighted by molar-refractivity contribution is -0.116. The Morgan fingerprint density at radius 3 is 3.05 bits per heavy atom. The normalized spacial score (nSPS) is 20.7. The van der Waals surface area contributed by atoms with Gasteiger partial charge in [-0.1, -0.05) is 36.0 Å². The SMILES string of the molecule is Cc1ccccc1CSC1=NC2N=NC=C2C(=O)N1. The van der Waals surface area contributed by atoms with Gasteiger partial charge in [-0.15, -0.1) is 0 Å². The molecule has 1 aromatic carbocycles. The van der Waals surface area contributed by atoms with E-state index in [2.05, 4.69) is 39.6 Å². The van der Waals surface area contributed by atoms with Crippen molar-refractivity contribution in [3.63, 3.8) is 0 Å². The molecule has 1 aromatic rings. The molecule has 0 radical (unpaired) electrons. The maximum atomic E-state index is 11.8. The van der Waals surface area contributed by atoms with Crippen molar-refractivity contribution in [2.45, 2.75) is 18.8 Å². The van der Waals surface area contributed by atoms with E-state index in [1.165, 1.54) is 29.1 Å². The summed E-state index contributed by atoms with van der Waals surface area (Å²) in [5.74, 6) is 0.617. The summed E-state index contributed by atoms with van der Waals surface area (Å²) < 4.78 is 0. The monoisotopic (exact) mass is 272 g/mol. The fourth-order valence-corrected chi connectivity index (χ4v) is 2.82. The van der Waals surface area contributed by atoms with Gasteiger partial charge in [0.1, 0.15) is 0 Å². The van der Waals surface area contributed by atoms with Crippen molar-refractivity contribution < 1.29 is 4.79 Å². The predicted octanol–water partition coefficient (Wildman–Crippen LogP) is 2.39. The van der Waals surface area contributed by atoms with Crippen LogP contribution in [0.3, 0.4) is 0 Å². The van der Waals surface area contributed by atoms with Crippen LogP contribution in [0.15, 0.2) is 51.3 Å². The van der Waals surface area contributed by atoms with Crippen LogP contribution in [0, 0.1) is 6.92 Å². The average Bonchev–Trinajstić information content (AvgIpc) is 2.87. The molecule has 96 valence electrons. The Labute approximate surface area is 114 Å². The first-order valence-electron chi connectivity index (χ1n) is 5.90. The summed E-state index contributed by atoms with van der Waals surface area (Å²) in [7, 11) is 0. The number of carbonyl (C=O) groups is 1. The van der Waals surface area contributed by atoms with Crippen molar-refractivity contribution in [3.8, 4) is 0 Å². The summed E-state index contributed by atoms with van der Waals surface area (Å²) in [6, 6.07) is 8.17. The number of fused-ring (bicyclic) bond motifs is 1. The zero-order valence-electron chi connectivity index (χ0n) is 10.3. The van der Waals surface area contributed by atoms with Gasteiger partial charge in [0.05, 0.1) is 11.8 Å². The van der Waals surface area contributed by atoms with Crippen molar-refractivity contribution in [2.24, 2.45) is 15.2 Å². The lowest BCUT2D eigenvalue weighted by atomic mass is 10.1. The van der Waals surface area contributed by atoms with Gasteiger partial charge in [0.25, 0.3) is 5.91 Å². The summed E-state index contributed by atoms with van der Waals surface area (Å²) in [4.78, 5) is 16.1. The van der Waals surface area contributed by atoms with E-state index in [1.807, 2.05) is 12.1 Å². The van der Waals surface area contributed by atoms with Crippen LogP contribution in [0.5, 0.6) is 0 Å². The van der Waals surface area contributed by atoms with Crippen LogP contribution in [0.25, 0.3) is 0 Å². The number of amidine groups is 1. The number of carbonyl (C=O) groups excluding carboxylic acids is 1. The molecule has 3 rings (SSSR count). The lowest BCUT2D eigenvalue weighted by Gasteiger charge is -2.17. The first-order chi connectivity index (χ1) is 9.24. The molecular weight excluding hydrogens is 260 g/mol. The zero-order valence-corrected chi connectivity index (χ0v) is 11.1. The number of azo groups is 1. The van der Waals surface area contributed by atoms with Crippen molar-refractivity contribution >= 4 is 22.8 Å². The maximum Gasteiger partial charge on any atom is 0.258 e. The van der Waals surface area contributed by atoms with Gasteiger partial charge in [-0.05, 0) is 18.1 Å². The van der Waals surface area contributed by atoms with Gasteiger partial charge in [-0.2, -0.15) is 10.2 Å². The van der Waals surface area contributed by atoms with E-state index < -0.39 is 6.17 Å². The number of amides is 1. The molecule has 0 saturated heterocycles. The molecule has 0 bridgehead atoms. The van der Waals surface area contributed by atoms with E-state index >= 15 is 0 Å². The number of rotatable bonds is 2. The Morgan fingerprint density at radius 2 is 2.21 bits per heavy atom. The number of nitrogens with one attached hydrogen (secondary N) is 1. The fraction of sp³-hybridized carbons (Fsp3) is 0.231. The quantitative estimate of drug-likeness (QED) is 0.898. The highest BCUT2D eigenvalue weighted by Gasteiger charge is 2.29. The standard InChI is InChI=1S/C13H12N4OS/c1-8-4-2-3-5-9(8)7-19-13-15-11-10(6-14-17-11)12(18)16-13/h2-6,11H,7H2,1H3,(H,15,16,18). The molecule has 2 aliphatic rings. The fourth-order valence-electron chi connectivity index (χ4n) is 1.86.